The third kappa shape index (κ3) is 3.52. The van der Waals surface area contributed by atoms with E-state index in [0.717, 1.165) is 22.2 Å². The summed E-state index contributed by atoms with van der Waals surface area (Å²) in [7, 11) is -3.95. The molecule has 0 saturated carbocycles. The minimum Gasteiger partial charge on any atom is -0.340 e. The van der Waals surface area contributed by atoms with Crippen LogP contribution in [0.5, 0.6) is 0 Å². The lowest BCUT2D eigenvalue weighted by molar-refractivity contribution is 0.591. The maximum absolute atomic E-state index is 13.7. The average Bonchev–Trinajstić information content (AvgIpc) is 3.18. The first-order valence-electron chi connectivity index (χ1n) is 10.6. The van der Waals surface area contributed by atoms with Crippen molar-refractivity contribution in [3.63, 3.8) is 0 Å². The molecule has 33 heavy (non-hydrogen) atoms. The van der Waals surface area contributed by atoms with Crippen molar-refractivity contribution < 1.29 is 8.42 Å². The van der Waals surface area contributed by atoms with Gasteiger partial charge in [0.25, 0.3) is 0 Å². The number of hydrogen-bond acceptors (Lipinski definition) is 6. The lowest BCUT2D eigenvalue weighted by Crippen LogP contribution is -2.09. The Morgan fingerprint density at radius 3 is 2.30 bits per heavy atom. The zero-order valence-electron chi connectivity index (χ0n) is 18.8. The predicted molar refractivity (Wildman–Crippen MR) is 129 cm³/mol. The van der Waals surface area contributed by atoms with Crippen molar-refractivity contribution in [1.29, 1.82) is 0 Å². The van der Waals surface area contributed by atoms with Crippen molar-refractivity contribution in [2.45, 2.75) is 37.6 Å². The minimum atomic E-state index is -3.95. The Morgan fingerprint density at radius 2 is 1.58 bits per heavy atom. The first-order chi connectivity index (χ1) is 15.8. The van der Waals surface area contributed by atoms with Gasteiger partial charge < -0.3 is 5.32 Å². The highest BCUT2D eigenvalue weighted by Gasteiger charge is 2.30. The van der Waals surface area contributed by atoms with E-state index in [9.17, 15) is 8.42 Å². The lowest BCUT2D eigenvalue weighted by Gasteiger charge is -2.12. The van der Waals surface area contributed by atoms with E-state index in [1.54, 1.807) is 13.8 Å². The summed E-state index contributed by atoms with van der Waals surface area (Å²) in [6.45, 7) is 7.55. The van der Waals surface area contributed by atoms with E-state index in [1.165, 1.54) is 4.52 Å². The van der Waals surface area contributed by atoms with Gasteiger partial charge in [-0.15, -0.1) is 5.10 Å². The molecule has 1 N–H and O–H groups in total. The zero-order chi connectivity index (χ0) is 23.3. The molecule has 3 aromatic carbocycles. The normalized spacial score (nSPS) is 11.9. The molecule has 7 nitrogen and oxygen atoms in total. The predicted octanol–water partition coefficient (Wildman–Crippen LogP) is 5.09. The van der Waals surface area contributed by atoms with Gasteiger partial charge in [-0.25, -0.2) is 13.4 Å². The molecule has 0 aliphatic heterocycles. The number of aromatic nitrogens is 4. The second kappa shape index (κ2) is 7.67. The smallest absolute Gasteiger partial charge is 0.230 e. The summed E-state index contributed by atoms with van der Waals surface area (Å²) in [5.41, 5.74) is 5.21. The summed E-state index contributed by atoms with van der Waals surface area (Å²) in [6.07, 6.45) is 0. The third-order valence-electron chi connectivity index (χ3n) is 5.63. The van der Waals surface area contributed by atoms with Crippen molar-refractivity contribution in [1.82, 2.24) is 19.8 Å². The highest BCUT2D eigenvalue weighted by molar-refractivity contribution is 7.91. The molecule has 2 aromatic heterocycles. The van der Waals surface area contributed by atoms with Crippen LogP contribution >= 0.6 is 0 Å². The highest BCUT2D eigenvalue weighted by Crippen LogP contribution is 2.32. The highest BCUT2D eigenvalue weighted by atomic mass is 32.2. The molecular formula is C25H23N5O2S. The van der Waals surface area contributed by atoms with Crippen molar-refractivity contribution in [3.05, 3.63) is 82.9 Å². The van der Waals surface area contributed by atoms with E-state index >= 15 is 0 Å². The van der Waals surface area contributed by atoms with Crippen LogP contribution in [-0.2, 0) is 9.84 Å². The number of benzene rings is 3. The molecule has 0 unspecified atom stereocenters. The fourth-order valence-electron chi connectivity index (χ4n) is 4.36. The van der Waals surface area contributed by atoms with E-state index in [2.05, 4.69) is 15.6 Å². The SMILES string of the molecule is Cc1cccc(Nc2nc3c(S(=O)(=O)c4c(C)cc(C)cc4C)nnn3c3ccccc23)c1. The summed E-state index contributed by atoms with van der Waals surface area (Å²) in [4.78, 5) is 4.95. The third-order valence-corrected chi connectivity index (χ3v) is 7.59. The van der Waals surface area contributed by atoms with Gasteiger partial charge in [0.05, 0.1) is 10.4 Å². The van der Waals surface area contributed by atoms with Crippen LogP contribution in [0.1, 0.15) is 22.3 Å². The van der Waals surface area contributed by atoms with Crippen LogP contribution in [0, 0.1) is 27.7 Å². The molecular weight excluding hydrogens is 434 g/mol. The Labute approximate surface area is 192 Å². The van der Waals surface area contributed by atoms with Gasteiger partial charge in [-0.3, -0.25) is 0 Å². The topological polar surface area (TPSA) is 89.2 Å². The molecule has 0 amide bonds. The van der Waals surface area contributed by atoms with Crippen LogP contribution in [0.25, 0.3) is 16.6 Å². The zero-order valence-corrected chi connectivity index (χ0v) is 19.6. The summed E-state index contributed by atoms with van der Waals surface area (Å²) in [6, 6.07) is 19.2. The number of aryl methyl sites for hydroxylation is 4. The van der Waals surface area contributed by atoms with Gasteiger partial charge in [0.1, 0.15) is 5.82 Å². The van der Waals surface area contributed by atoms with Gasteiger partial charge >= 0.3 is 0 Å². The number of nitrogens with zero attached hydrogens (tertiary/aromatic N) is 4. The Kier molecular flexibility index (Phi) is 4.90. The van der Waals surface area contributed by atoms with Gasteiger partial charge in [-0.2, -0.15) is 4.52 Å². The molecule has 0 radical (unpaired) electrons. The number of anilines is 2. The number of fused-ring (bicyclic) bond motifs is 3. The van der Waals surface area contributed by atoms with E-state index in [-0.39, 0.29) is 15.6 Å². The molecule has 5 aromatic rings. The van der Waals surface area contributed by atoms with Crippen molar-refractivity contribution in [2.24, 2.45) is 0 Å². The van der Waals surface area contributed by atoms with Crippen molar-refractivity contribution in [3.8, 4) is 0 Å². The van der Waals surface area contributed by atoms with Gasteiger partial charge in [0.2, 0.25) is 14.9 Å². The van der Waals surface area contributed by atoms with Crippen LogP contribution in [0.15, 0.2) is 70.6 Å². The molecule has 8 heteroatoms. The first kappa shape index (κ1) is 21.1. The van der Waals surface area contributed by atoms with E-state index in [1.807, 2.05) is 74.5 Å². The maximum atomic E-state index is 13.7. The Morgan fingerprint density at radius 1 is 0.848 bits per heavy atom. The number of sulfone groups is 1. The quantitative estimate of drug-likeness (QED) is 0.404. The monoisotopic (exact) mass is 457 g/mol. The van der Waals surface area contributed by atoms with E-state index in [4.69, 9.17) is 4.98 Å². The molecule has 0 saturated heterocycles. The van der Waals surface area contributed by atoms with E-state index in [0.29, 0.717) is 22.5 Å². The van der Waals surface area contributed by atoms with Crippen LogP contribution in [0.2, 0.25) is 0 Å². The van der Waals surface area contributed by atoms with Crippen LogP contribution in [0.3, 0.4) is 0 Å². The van der Waals surface area contributed by atoms with Crippen LogP contribution < -0.4 is 5.32 Å². The maximum Gasteiger partial charge on any atom is 0.230 e. The fraction of sp³-hybridized carbons (Fsp3) is 0.160. The second-order valence-corrected chi connectivity index (χ2v) is 10.1. The lowest BCUT2D eigenvalue weighted by atomic mass is 10.1. The molecule has 0 bridgehead atoms. The minimum absolute atomic E-state index is 0.157. The van der Waals surface area contributed by atoms with Gasteiger partial charge in [-0.05, 0) is 68.7 Å². The van der Waals surface area contributed by atoms with Crippen LogP contribution in [-0.4, -0.2) is 28.2 Å². The fourth-order valence-corrected chi connectivity index (χ4v) is 6.04. The van der Waals surface area contributed by atoms with E-state index < -0.39 is 9.84 Å². The molecule has 0 aliphatic rings. The Bertz CT molecular complexity index is 1630. The molecule has 2 heterocycles. The van der Waals surface area contributed by atoms with Gasteiger partial charge in [0.15, 0.2) is 5.65 Å². The second-order valence-electron chi connectivity index (χ2n) is 8.33. The summed E-state index contributed by atoms with van der Waals surface area (Å²) in [5, 5.41) is 12.3. The molecule has 0 aliphatic carbocycles. The Hall–Kier alpha value is -3.78. The molecule has 5 rings (SSSR count). The summed E-state index contributed by atoms with van der Waals surface area (Å²) < 4.78 is 29.0. The average molecular weight is 458 g/mol. The Balaban J connectivity index is 1.77. The first-order valence-corrected chi connectivity index (χ1v) is 12.0. The summed E-state index contributed by atoms with van der Waals surface area (Å²) >= 11 is 0. The molecule has 0 fully saturated rings. The number of hydrogen-bond donors (Lipinski definition) is 1. The molecule has 0 spiro atoms. The van der Waals surface area contributed by atoms with Crippen LogP contribution in [0.4, 0.5) is 11.5 Å². The summed E-state index contributed by atoms with van der Waals surface area (Å²) in [5.74, 6) is 0.541. The van der Waals surface area contributed by atoms with Gasteiger partial charge in [0, 0.05) is 11.1 Å². The largest absolute Gasteiger partial charge is 0.340 e. The molecule has 0 atom stereocenters. The van der Waals surface area contributed by atoms with Crippen molar-refractivity contribution >= 4 is 37.9 Å². The number of nitrogens with one attached hydrogen (secondary N) is 1. The van der Waals surface area contributed by atoms with Gasteiger partial charge in [-0.1, -0.05) is 47.2 Å². The number of rotatable bonds is 4. The number of para-hydroxylation sites is 1. The standard InChI is InChI=1S/C25H23N5O2S/c1-15-8-7-9-19(14-15)26-23-20-10-5-6-11-21(20)30-24(27-23)25(28-29-30)33(31,32)22-17(3)12-16(2)13-18(22)4/h5-14H,1-4H3,(H,26,27). The molecule has 166 valence electrons. The van der Waals surface area contributed by atoms with Crippen molar-refractivity contribution in [2.75, 3.05) is 5.32 Å².